The molecule has 3 heterocycles. The van der Waals surface area contributed by atoms with E-state index in [9.17, 15) is 9.59 Å². The van der Waals surface area contributed by atoms with Gasteiger partial charge in [0.2, 0.25) is 0 Å². The van der Waals surface area contributed by atoms with Crippen molar-refractivity contribution in [2.75, 3.05) is 40.3 Å². The van der Waals surface area contributed by atoms with Crippen LogP contribution in [0.15, 0.2) is 35.3 Å². The molecule has 3 unspecified atom stereocenters. The lowest BCUT2D eigenvalue weighted by Gasteiger charge is -2.34. The Bertz CT molecular complexity index is 900. The van der Waals surface area contributed by atoms with Gasteiger partial charge < -0.3 is 0 Å². The first-order chi connectivity index (χ1) is 14.8. The molecule has 0 N–H and O–H groups in total. The van der Waals surface area contributed by atoms with Gasteiger partial charge >= 0.3 is 11.9 Å². The fourth-order valence-corrected chi connectivity index (χ4v) is 5.25. The molecule has 0 aliphatic carbocycles. The lowest BCUT2D eigenvalue weighted by molar-refractivity contribution is -0.536. The van der Waals surface area contributed by atoms with Crippen molar-refractivity contribution in [3.63, 3.8) is 0 Å². The lowest BCUT2D eigenvalue weighted by atomic mass is 9.92. The molecular weight excluding hydrogens is 390 g/mol. The number of hydrogen-bond acceptors (Lipinski definition) is 4. The molecule has 2 saturated heterocycles. The maximum atomic E-state index is 13.1. The zero-order valence-corrected chi connectivity index (χ0v) is 19.1. The number of rotatable bonds is 6. The van der Waals surface area contributed by atoms with Crippen molar-refractivity contribution >= 4 is 23.6 Å². The predicted molar refractivity (Wildman–Crippen MR) is 121 cm³/mol. The van der Waals surface area contributed by atoms with Crippen LogP contribution < -0.4 is 0 Å². The van der Waals surface area contributed by atoms with Gasteiger partial charge in [-0.05, 0) is 41.7 Å². The number of amides is 3. The van der Waals surface area contributed by atoms with Crippen LogP contribution in [0.5, 0.6) is 0 Å². The number of piperidine rings is 1. The molecule has 0 spiro atoms. The normalized spacial score (nSPS) is 27.1. The van der Waals surface area contributed by atoms with Gasteiger partial charge in [0.1, 0.15) is 6.54 Å². The molecule has 3 amide bonds. The summed E-state index contributed by atoms with van der Waals surface area (Å²) >= 11 is 0. The van der Waals surface area contributed by atoms with E-state index >= 15 is 0 Å². The minimum atomic E-state index is -0.502. The van der Waals surface area contributed by atoms with E-state index < -0.39 is 6.04 Å². The van der Waals surface area contributed by atoms with Crippen LogP contribution >= 0.6 is 0 Å². The molecule has 0 radical (unpaired) electrons. The summed E-state index contributed by atoms with van der Waals surface area (Å²) in [6.45, 7) is 8.15. The number of nitrogens with zero attached hydrogens (tertiary/aromatic N) is 5. The third-order valence-electron chi connectivity index (χ3n) is 6.63. The van der Waals surface area contributed by atoms with Gasteiger partial charge in [-0.25, -0.2) is 9.37 Å². The van der Waals surface area contributed by atoms with Gasteiger partial charge in [0, 0.05) is 27.2 Å². The van der Waals surface area contributed by atoms with Crippen molar-refractivity contribution in [3.05, 3.63) is 35.9 Å². The quantitative estimate of drug-likeness (QED) is 0.659. The summed E-state index contributed by atoms with van der Waals surface area (Å²) in [5.74, 6) is 2.61. The SMILES string of the molecule is CC1CC(C)CN(CC2=[N+](CCCc3ccccc3)C3C(=O)N(C)C(=O)N(C)C3=N2)C1. The van der Waals surface area contributed by atoms with E-state index in [-0.39, 0.29) is 11.9 Å². The number of carbonyl (C=O) groups excluding carboxylic acids is 2. The number of aryl methyl sites for hydroxylation is 1. The minimum Gasteiger partial charge on any atom is -0.292 e. The molecule has 3 atom stereocenters. The number of urea groups is 1. The highest BCUT2D eigenvalue weighted by Crippen LogP contribution is 2.23. The summed E-state index contributed by atoms with van der Waals surface area (Å²) in [6.07, 6.45) is 3.13. The number of likely N-dealkylation sites (N-methyl/N-ethyl adjacent to an activating group) is 2. The molecule has 7 nitrogen and oxygen atoms in total. The van der Waals surface area contributed by atoms with Gasteiger partial charge in [-0.3, -0.25) is 19.5 Å². The number of benzene rings is 1. The van der Waals surface area contributed by atoms with Gasteiger partial charge in [0.15, 0.2) is 0 Å². The van der Waals surface area contributed by atoms with Crippen LogP contribution in [0.25, 0.3) is 0 Å². The standard InChI is InChI=1S/C24H34N5O2/c1-17-13-18(2)15-28(14-17)16-20-25-22-21(23(30)27(4)24(31)26(22)3)29(20)12-8-11-19-9-6-5-7-10-19/h5-7,9-10,17-18,21H,8,11-16H2,1-4H3/q+1. The van der Waals surface area contributed by atoms with Crippen molar-refractivity contribution in [2.24, 2.45) is 16.8 Å². The largest absolute Gasteiger partial charge is 0.333 e. The second-order valence-electron chi connectivity index (χ2n) is 9.45. The average Bonchev–Trinajstić information content (AvgIpc) is 3.09. The molecular formula is C24H34N5O2+. The van der Waals surface area contributed by atoms with Gasteiger partial charge in [-0.2, -0.15) is 0 Å². The first-order valence-electron chi connectivity index (χ1n) is 11.4. The number of hydrogen-bond donors (Lipinski definition) is 0. The van der Waals surface area contributed by atoms with E-state index in [0.717, 1.165) is 44.9 Å². The highest BCUT2D eigenvalue weighted by Gasteiger charge is 2.53. The fourth-order valence-electron chi connectivity index (χ4n) is 5.25. The van der Waals surface area contributed by atoms with Gasteiger partial charge in [0.25, 0.3) is 17.8 Å². The van der Waals surface area contributed by atoms with Crippen molar-refractivity contribution < 1.29 is 14.2 Å². The molecule has 3 aliphatic heterocycles. The molecule has 0 bridgehead atoms. The number of carbonyl (C=O) groups is 2. The number of imide groups is 1. The van der Waals surface area contributed by atoms with Crippen LogP contribution in [0.4, 0.5) is 4.79 Å². The lowest BCUT2D eigenvalue weighted by Crippen LogP contribution is -2.61. The first-order valence-corrected chi connectivity index (χ1v) is 11.4. The van der Waals surface area contributed by atoms with Crippen LogP contribution in [-0.2, 0) is 11.2 Å². The van der Waals surface area contributed by atoms with Crippen molar-refractivity contribution in [2.45, 2.75) is 39.2 Å². The molecule has 7 heteroatoms. The maximum absolute atomic E-state index is 13.1. The number of fused-ring (bicyclic) bond motifs is 1. The zero-order chi connectivity index (χ0) is 22.1. The topological polar surface area (TPSA) is 59.2 Å². The van der Waals surface area contributed by atoms with E-state index in [0.29, 0.717) is 17.7 Å². The predicted octanol–water partition coefficient (Wildman–Crippen LogP) is 2.31. The van der Waals surface area contributed by atoms with Crippen LogP contribution in [0.1, 0.15) is 32.3 Å². The molecule has 0 aromatic heterocycles. The smallest absolute Gasteiger partial charge is 0.292 e. The van der Waals surface area contributed by atoms with Gasteiger partial charge in [-0.15, -0.1) is 0 Å². The molecule has 4 rings (SSSR count). The fraction of sp³-hybridized carbons (Fsp3) is 0.583. The molecule has 3 aliphatic rings. The number of aliphatic imine (C=N–C) groups is 1. The van der Waals surface area contributed by atoms with Crippen LogP contribution in [-0.4, -0.2) is 89.2 Å². The Hall–Kier alpha value is -2.54. The molecule has 166 valence electrons. The average molecular weight is 425 g/mol. The summed E-state index contributed by atoms with van der Waals surface area (Å²) < 4.78 is 2.14. The van der Waals surface area contributed by atoms with Crippen molar-refractivity contribution in [3.8, 4) is 0 Å². The van der Waals surface area contributed by atoms with Gasteiger partial charge in [-0.1, -0.05) is 44.2 Å². The highest BCUT2D eigenvalue weighted by atomic mass is 16.2. The zero-order valence-electron chi connectivity index (χ0n) is 19.1. The summed E-state index contributed by atoms with van der Waals surface area (Å²) in [5, 5.41) is 0. The van der Waals surface area contributed by atoms with Crippen LogP contribution in [0, 0.1) is 11.8 Å². The van der Waals surface area contributed by atoms with Crippen molar-refractivity contribution in [1.82, 2.24) is 14.7 Å². The second kappa shape index (κ2) is 8.91. The van der Waals surface area contributed by atoms with E-state index in [1.807, 2.05) is 6.07 Å². The Morgan fingerprint density at radius 1 is 1.03 bits per heavy atom. The van der Waals surface area contributed by atoms with E-state index in [2.05, 4.69) is 47.6 Å². The Balaban J connectivity index is 1.57. The first kappa shape index (κ1) is 21.7. The highest BCUT2D eigenvalue weighted by molar-refractivity contribution is 6.23. The Labute approximate surface area is 185 Å². The van der Waals surface area contributed by atoms with Crippen LogP contribution in [0.3, 0.4) is 0 Å². The molecule has 1 aromatic carbocycles. The molecule has 2 fully saturated rings. The van der Waals surface area contributed by atoms with E-state index in [4.69, 9.17) is 4.99 Å². The number of amidine groups is 2. The molecule has 0 saturated carbocycles. The maximum Gasteiger partial charge on any atom is 0.333 e. The summed E-state index contributed by atoms with van der Waals surface area (Å²) in [7, 11) is 3.28. The van der Waals surface area contributed by atoms with E-state index in [1.54, 1.807) is 14.1 Å². The third-order valence-corrected chi connectivity index (χ3v) is 6.63. The third kappa shape index (κ3) is 4.42. The number of likely N-dealkylation sites (tertiary alicyclic amines) is 1. The molecule has 1 aromatic rings. The minimum absolute atomic E-state index is 0.183. The summed E-state index contributed by atoms with van der Waals surface area (Å²) in [6, 6.07) is 9.60. The Kier molecular flexibility index (Phi) is 6.23. The Morgan fingerprint density at radius 2 is 1.71 bits per heavy atom. The van der Waals surface area contributed by atoms with Gasteiger partial charge in [0.05, 0.1) is 6.54 Å². The van der Waals surface area contributed by atoms with Crippen molar-refractivity contribution in [1.29, 1.82) is 0 Å². The summed E-state index contributed by atoms with van der Waals surface area (Å²) in [4.78, 5) is 35.6. The van der Waals surface area contributed by atoms with E-state index in [1.165, 1.54) is 21.8 Å². The monoisotopic (exact) mass is 424 g/mol. The summed E-state index contributed by atoms with van der Waals surface area (Å²) in [5.41, 5.74) is 1.29. The van der Waals surface area contributed by atoms with Crippen LogP contribution in [0.2, 0.25) is 0 Å². The molecule has 31 heavy (non-hydrogen) atoms. The Morgan fingerprint density at radius 3 is 2.39 bits per heavy atom. The second-order valence-corrected chi connectivity index (χ2v) is 9.45.